The minimum Gasteiger partial charge on any atom is -0.520 e. The van der Waals surface area contributed by atoms with Crippen molar-refractivity contribution in [1.29, 1.82) is 0 Å². The highest BCUT2D eigenvalue weighted by atomic mass is 28.4. The molecule has 0 bridgehead atoms. The second-order valence-electron chi connectivity index (χ2n) is 4.03. The van der Waals surface area contributed by atoms with Crippen molar-refractivity contribution in [2.24, 2.45) is 0 Å². The number of carbonyl (C=O) groups is 2. The van der Waals surface area contributed by atoms with Gasteiger partial charge >= 0.3 is 5.97 Å². The van der Waals surface area contributed by atoms with E-state index in [0.717, 1.165) is 0 Å². The standard InChI is InChI=1S/C9H18O4Si/c1-8(10)12-7-5-6-9(11)13-14(2,3)4/h5-7H2,1-4H3. The summed E-state index contributed by atoms with van der Waals surface area (Å²) < 4.78 is 9.89. The van der Waals surface area contributed by atoms with Crippen molar-refractivity contribution < 1.29 is 18.8 Å². The Morgan fingerprint density at radius 1 is 1.21 bits per heavy atom. The first-order chi connectivity index (χ1) is 6.31. The molecule has 0 fully saturated rings. The molecule has 0 amide bonds. The molecule has 0 unspecified atom stereocenters. The van der Waals surface area contributed by atoms with Crippen LogP contribution in [0.2, 0.25) is 19.6 Å². The maximum atomic E-state index is 11.2. The number of rotatable bonds is 5. The van der Waals surface area contributed by atoms with Crippen LogP contribution in [-0.4, -0.2) is 26.9 Å². The molecule has 0 radical (unpaired) electrons. The molecule has 0 aliphatic carbocycles. The Kier molecular flexibility index (Phi) is 5.45. The summed E-state index contributed by atoms with van der Waals surface area (Å²) in [5.41, 5.74) is 0. The van der Waals surface area contributed by atoms with Gasteiger partial charge in [-0.2, -0.15) is 0 Å². The number of hydrogen-bond acceptors (Lipinski definition) is 4. The summed E-state index contributed by atoms with van der Waals surface area (Å²) >= 11 is 0. The van der Waals surface area contributed by atoms with Crippen LogP contribution < -0.4 is 0 Å². The fraction of sp³-hybridized carbons (Fsp3) is 0.778. The first-order valence-electron chi connectivity index (χ1n) is 4.66. The third kappa shape index (κ3) is 9.25. The van der Waals surface area contributed by atoms with E-state index in [1.54, 1.807) is 0 Å². The van der Waals surface area contributed by atoms with Gasteiger partial charge in [0.05, 0.1) is 6.61 Å². The first-order valence-corrected chi connectivity index (χ1v) is 8.07. The molecule has 14 heavy (non-hydrogen) atoms. The summed E-state index contributed by atoms with van der Waals surface area (Å²) in [4.78, 5) is 21.6. The molecule has 0 aromatic heterocycles. The maximum absolute atomic E-state index is 11.2. The van der Waals surface area contributed by atoms with Crippen LogP contribution in [0.15, 0.2) is 0 Å². The first kappa shape index (κ1) is 13.2. The molecule has 5 heteroatoms. The Balaban J connectivity index is 3.50. The Bertz CT molecular complexity index is 207. The number of hydrogen-bond donors (Lipinski definition) is 0. The minimum atomic E-state index is -1.76. The van der Waals surface area contributed by atoms with Gasteiger partial charge in [-0.1, -0.05) is 0 Å². The topological polar surface area (TPSA) is 52.6 Å². The summed E-state index contributed by atoms with van der Waals surface area (Å²) in [5, 5.41) is 0. The molecule has 82 valence electrons. The zero-order valence-corrected chi connectivity index (χ0v) is 10.3. The highest BCUT2D eigenvalue weighted by Crippen LogP contribution is 2.05. The van der Waals surface area contributed by atoms with Gasteiger partial charge in [-0.25, -0.2) is 0 Å². The summed E-state index contributed by atoms with van der Waals surface area (Å²) in [6, 6.07) is 0. The quantitative estimate of drug-likeness (QED) is 0.400. The van der Waals surface area contributed by atoms with Gasteiger partial charge in [0.1, 0.15) is 0 Å². The van der Waals surface area contributed by atoms with Gasteiger partial charge in [0.25, 0.3) is 5.97 Å². The van der Waals surface area contributed by atoms with Crippen molar-refractivity contribution in [3.05, 3.63) is 0 Å². The van der Waals surface area contributed by atoms with Crippen molar-refractivity contribution in [1.82, 2.24) is 0 Å². The summed E-state index contributed by atoms with van der Waals surface area (Å²) in [6.07, 6.45) is 0.848. The molecule has 0 aliphatic heterocycles. The second kappa shape index (κ2) is 5.80. The molecule has 0 aliphatic rings. The van der Waals surface area contributed by atoms with E-state index >= 15 is 0 Å². The predicted molar refractivity (Wildman–Crippen MR) is 55.3 cm³/mol. The van der Waals surface area contributed by atoms with Crippen molar-refractivity contribution >= 4 is 20.3 Å². The van der Waals surface area contributed by atoms with E-state index in [-0.39, 0.29) is 18.5 Å². The van der Waals surface area contributed by atoms with E-state index in [0.29, 0.717) is 12.8 Å². The lowest BCUT2D eigenvalue weighted by Gasteiger charge is -2.16. The third-order valence-corrected chi connectivity index (χ3v) is 2.09. The van der Waals surface area contributed by atoms with Crippen LogP contribution in [0.4, 0.5) is 0 Å². The van der Waals surface area contributed by atoms with Gasteiger partial charge in [-0.3, -0.25) is 9.59 Å². The molecule has 0 spiro atoms. The van der Waals surface area contributed by atoms with E-state index in [1.807, 2.05) is 19.6 Å². The molecule has 0 atom stereocenters. The number of ether oxygens (including phenoxy) is 1. The molecule has 0 rings (SSSR count). The van der Waals surface area contributed by atoms with Crippen LogP contribution in [0.5, 0.6) is 0 Å². The van der Waals surface area contributed by atoms with Gasteiger partial charge in [-0.15, -0.1) is 0 Å². The molecular formula is C9H18O4Si. The largest absolute Gasteiger partial charge is 0.520 e. The van der Waals surface area contributed by atoms with Crippen LogP contribution in [0.25, 0.3) is 0 Å². The molecule has 0 N–H and O–H groups in total. The zero-order valence-electron chi connectivity index (χ0n) is 9.25. The normalized spacial score (nSPS) is 10.9. The molecular weight excluding hydrogens is 200 g/mol. The minimum absolute atomic E-state index is 0.198. The Hall–Kier alpha value is -0.843. The van der Waals surface area contributed by atoms with Gasteiger partial charge in [0.15, 0.2) is 0 Å². The Labute approximate surface area is 85.7 Å². The van der Waals surface area contributed by atoms with Crippen molar-refractivity contribution in [3.63, 3.8) is 0 Å². The van der Waals surface area contributed by atoms with Crippen molar-refractivity contribution in [3.8, 4) is 0 Å². The van der Waals surface area contributed by atoms with Gasteiger partial charge in [-0.05, 0) is 26.1 Å². The maximum Gasteiger partial charge on any atom is 0.302 e. The summed E-state index contributed by atoms with van der Waals surface area (Å²) in [7, 11) is -1.76. The summed E-state index contributed by atoms with van der Waals surface area (Å²) in [6.45, 7) is 7.50. The van der Waals surface area contributed by atoms with Crippen LogP contribution in [0, 0.1) is 0 Å². The van der Waals surface area contributed by atoms with E-state index in [4.69, 9.17) is 4.43 Å². The van der Waals surface area contributed by atoms with Crippen LogP contribution in [0.3, 0.4) is 0 Å². The van der Waals surface area contributed by atoms with E-state index < -0.39 is 8.32 Å². The lowest BCUT2D eigenvalue weighted by molar-refractivity contribution is -0.142. The fourth-order valence-corrected chi connectivity index (χ4v) is 1.61. The highest BCUT2D eigenvalue weighted by Gasteiger charge is 2.19. The Morgan fingerprint density at radius 2 is 1.79 bits per heavy atom. The monoisotopic (exact) mass is 218 g/mol. The van der Waals surface area contributed by atoms with E-state index in [9.17, 15) is 9.59 Å². The molecule has 4 nitrogen and oxygen atoms in total. The van der Waals surface area contributed by atoms with Gasteiger partial charge in [0.2, 0.25) is 8.32 Å². The average Bonchev–Trinajstić information content (AvgIpc) is 1.94. The second-order valence-corrected chi connectivity index (χ2v) is 8.46. The summed E-state index contributed by atoms with van der Waals surface area (Å²) in [5.74, 6) is -0.514. The Morgan fingerprint density at radius 3 is 2.21 bits per heavy atom. The van der Waals surface area contributed by atoms with Crippen LogP contribution in [0.1, 0.15) is 19.8 Å². The van der Waals surface area contributed by atoms with Crippen LogP contribution >= 0.6 is 0 Å². The third-order valence-electron chi connectivity index (χ3n) is 1.25. The molecule has 0 saturated carbocycles. The molecule has 0 saturated heterocycles. The SMILES string of the molecule is CC(=O)OCCCC(=O)O[Si](C)(C)C. The van der Waals surface area contributed by atoms with Crippen molar-refractivity contribution in [2.75, 3.05) is 6.61 Å². The lowest BCUT2D eigenvalue weighted by Crippen LogP contribution is -2.29. The number of carbonyl (C=O) groups excluding carboxylic acids is 2. The lowest BCUT2D eigenvalue weighted by atomic mass is 10.3. The molecule has 0 heterocycles. The van der Waals surface area contributed by atoms with E-state index in [1.165, 1.54) is 6.92 Å². The highest BCUT2D eigenvalue weighted by molar-refractivity contribution is 6.71. The fourth-order valence-electron chi connectivity index (χ4n) is 0.825. The van der Waals surface area contributed by atoms with Gasteiger partial charge in [0, 0.05) is 13.3 Å². The van der Waals surface area contributed by atoms with Gasteiger partial charge < -0.3 is 9.16 Å². The van der Waals surface area contributed by atoms with Crippen molar-refractivity contribution in [2.45, 2.75) is 39.4 Å². The predicted octanol–water partition coefficient (Wildman–Crippen LogP) is 1.71. The molecule has 0 aromatic rings. The number of esters is 1. The smallest absolute Gasteiger partial charge is 0.302 e. The average molecular weight is 218 g/mol. The molecule has 0 aromatic carbocycles. The van der Waals surface area contributed by atoms with Crippen LogP contribution in [-0.2, 0) is 18.8 Å². The van der Waals surface area contributed by atoms with E-state index in [2.05, 4.69) is 4.74 Å². The zero-order chi connectivity index (χ0) is 11.2.